The summed E-state index contributed by atoms with van der Waals surface area (Å²) in [5, 5.41) is 15.8. The van der Waals surface area contributed by atoms with Crippen LogP contribution in [0, 0.1) is 0 Å². The van der Waals surface area contributed by atoms with Crippen LogP contribution < -0.4 is 5.56 Å². The second-order valence-electron chi connectivity index (χ2n) is 10.8. The molecule has 0 radical (unpaired) electrons. The Kier molecular flexibility index (Phi) is 6.97. The van der Waals surface area contributed by atoms with Crippen LogP contribution in [0.15, 0.2) is 41.5 Å². The van der Waals surface area contributed by atoms with E-state index in [0.29, 0.717) is 49.3 Å². The number of aromatic nitrogens is 4. The van der Waals surface area contributed by atoms with E-state index >= 15 is 0 Å². The molecule has 5 rings (SSSR count). The van der Waals surface area contributed by atoms with Crippen molar-refractivity contribution in [3.8, 4) is 0 Å². The lowest BCUT2D eigenvalue weighted by atomic mass is 9.86. The minimum atomic E-state index is -1.05. The minimum Gasteiger partial charge on any atom is -0.388 e. The third-order valence-electron chi connectivity index (χ3n) is 8.21. The number of fused-ring (bicyclic) bond motifs is 1. The van der Waals surface area contributed by atoms with Gasteiger partial charge in [-0.15, -0.1) is 0 Å². The van der Waals surface area contributed by atoms with E-state index in [-0.39, 0.29) is 23.9 Å². The molecule has 2 aromatic heterocycles. The number of carbonyl (C=O) groups is 1. The van der Waals surface area contributed by atoms with Crippen LogP contribution >= 0.6 is 0 Å². The van der Waals surface area contributed by atoms with Crippen LogP contribution in [0.2, 0.25) is 0 Å². The first-order valence-electron chi connectivity index (χ1n) is 13.3. The van der Waals surface area contributed by atoms with Crippen molar-refractivity contribution in [2.75, 3.05) is 13.1 Å². The molecule has 192 valence electrons. The van der Waals surface area contributed by atoms with Crippen LogP contribution in [-0.4, -0.2) is 53.9 Å². The maximum atomic E-state index is 13.3. The predicted octanol–water partition coefficient (Wildman–Crippen LogP) is 3.73. The molecule has 8 nitrogen and oxygen atoms in total. The summed E-state index contributed by atoms with van der Waals surface area (Å²) in [4.78, 5) is 32.7. The molecule has 0 unspecified atom stereocenters. The highest BCUT2D eigenvalue weighted by Crippen LogP contribution is 2.35. The Morgan fingerprint density at radius 1 is 1.11 bits per heavy atom. The summed E-state index contributed by atoms with van der Waals surface area (Å²) < 4.78 is 3.32. The summed E-state index contributed by atoms with van der Waals surface area (Å²) >= 11 is 0. The second-order valence-corrected chi connectivity index (χ2v) is 10.8. The third-order valence-corrected chi connectivity index (χ3v) is 8.21. The van der Waals surface area contributed by atoms with Gasteiger partial charge in [0.25, 0.3) is 5.56 Å². The van der Waals surface area contributed by atoms with Crippen molar-refractivity contribution in [2.24, 2.45) is 7.05 Å². The fourth-order valence-corrected chi connectivity index (χ4v) is 6.00. The fourth-order valence-electron chi connectivity index (χ4n) is 6.00. The number of rotatable bonds is 6. The van der Waals surface area contributed by atoms with E-state index in [0.717, 1.165) is 24.1 Å². The van der Waals surface area contributed by atoms with E-state index in [1.165, 1.54) is 23.8 Å². The number of amides is 1. The quantitative estimate of drug-likeness (QED) is 0.567. The van der Waals surface area contributed by atoms with Crippen LogP contribution in [0.25, 0.3) is 11.0 Å². The normalized spacial score (nSPS) is 19.5. The van der Waals surface area contributed by atoms with Crippen LogP contribution in [0.5, 0.6) is 0 Å². The van der Waals surface area contributed by atoms with Crippen molar-refractivity contribution in [1.82, 2.24) is 24.2 Å². The van der Waals surface area contributed by atoms with E-state index in [2.05, 4.69) is 29.1 Å². The molecule has 0 bridgehead atoms. The summed E-state index contributed by atoms with van der Waals surface area (Å²) in [5.74, 6) is 0.650. The predicted molar refractivity (Wildman–Crippen MR) is 139 cm³/mol. The molecule has 2 aliphatic rings. The van der Waals surface area contributed by atoms with Gasteiger partial charge in [0, 0.05) is 32.5 Å². The molecule has 1 aliphatic heterocycles. The number of nitrogens with zero attached hydrogens (tertiary/aromatic N) is 5. The van der Waals surface area contributed by atoms with Crippen LogP contribution in [0.1, 0.15) is 81.4 Å². The van der Waals surface area contributed by atoms with E-state index in [9.17, 15) is 14.7 Å². The number of hydrogen-bond acceptors (Lipinski definition) is 5. The minimum absolute atomic E-state index is 0.109. The maximum absolute atomic E-state index is 13.3. The molecule has 0 spiro atoms. The van der Waals surface area contributed by atoms with Crippen molar-refractivity contribution in [3.05, 3.63) is 58.3 Å². The monoisotopic (exact) mass is 491 g/mol. The number of carbonyl (C=O) groups excluding carboxylic acids is 1. The van der Waals surface area contributed by atoms with Gasteiger partial charge in [0.15, 0.2) is 5.52 Å². The Bertz CT molecular complexity index is 1270. The highest BCUT2D eigenvalue weighted by Gasteiger charge is 2.35. The molecular weight excluding hydrogens is 454 g/mol. The zero-order valence-electron chi connectivity index (χ0n) is 21.4. The summed E-state index contributed by atoms with van der Waals surface area (Å²) in [5.41, 5.74) is 2.03. The average molecular weight is 492 g/mol. The summed E-state index contributed by atoms with van der Waals surface area (Å²) in [6, 6.07) is 10.1. The lowest BCUT2D eigenvalue weighted by molar-refractivity contribution is -0.136. The SMILES string of the molecule is C[C@H](CC(=O)N1CCC(O)(Cn2cnc3c(C4CCCCC4)n(C)nc3c2=O)CC1)c1ccccc1. The number of aliphatic hydroxyl groups is 1. The van der Waals surface area contributed by atoms with Gasteiger partial charge in [0.1, 0.15) is 5.52 Å². The number of hydrogen-bond donors (Lipinski definition) is 1. The lowest BCUT2D eigenvalue weighted by Crippen LogP contribution is -2.49. The molecule has 8 heteroatoms. The molecule has 1 aromatic carbocycles. The first-order valence-corrected chi connectivity index (χ1v) is 13.3. The third kappa shape index (κ3) is 4.96. The lowest BCUT2D eigenvalue weighted by Gasteiger charge is -2.38. The first kappa shape index (κ1) is 24.7. The number of benzene rings is 1. The van der Waals surface area contributed by atoms with Gasteiger partial charge >= 0.3 is 0 Å². The summed E-state index contributed by atoms with van der Waals surface area (Å²) in [6.07, 6.45) is 8.76. The highest BCUT2D eigenvalue weighted by atomic mass is 16.3. The zero-order valence-corrected chi connectivity index (χ0v) is 21.4. The largest absolute Gasteiger partial charge is 0.388 e. The van der Waals surface area contributed by atoms with Crippen LogP contribution in [0.4, 0.5) is 0 Å². The van der Waals surface area contributed by atoms with Crippen LogP contribution in [0.3, 0.4) is 0 Å². The molecular formula is C28H37N5O3. The smallest absolute Gasteiger partial charge is 0.281 e. The van der Waals surface area contributed by atoms with Crippen LogP contribution in [-0.2, 0) is 18.4 Å². The summed E-state index contributed by atoms with van der Waals surface area (Å²) in [7, 11) is 1.90. The van der Waals surface area contributed by atoms with Crippen molar-refractivity contribution in [3.63, 3.8) is 0 Å². The highest BCUT2D eigenvalue weighted by molar-refractivity contribution is 5.77. The Morgan fingerprint density at radius 3 is 2.50 bits per heavy atom. The molecule has 1 N–H and O–H groups in total. The molecule has 3 aromatic rings. The Balaban J connectivity index is 1.25. The van der Waals surface area contributed by atoms with Gasteiger partial charge in [-0.25, -0.2) is 4.98 Å². The molecule has 1 atom stereocenters. The Hall–Kier alpha value is -3.00. The molecule has 3 heterocycles. The van der Waals surface area contributed by atoms with Gasteiger partial charge in [0.05, 0.1) is 24.2 Å². The molecule has 1 aliphatic carbocycles. The number of piperidine rings is 1. The molecule has 1 amide bonds. The van der Waals surface area contributed by atoms with E-state index in [1.807, 2.05) is 34.8 Å². The Labute approximate surface area is 211 Å². The van der Waals surface area contributed by atoms with Gasteiger partial charge in [-0.3, -0.25) is 18.8 Å². The summed E-state index contributed by atoms with van der Waals surface area (Å²) in [6.45, 7) is 3.19. The molecule has 1 saturated heterocycles. The van der Waals surface area contributed by atoms with Crippen molar-refractivity contribution < 1.29 is 9.90 Å². The van der Waals surface area contributed by atoms with Crippen molar-refractivity contribution >= 4 is 16.9 Å². The van der Waals surface area contributed by atoms with E-state index < -0.39 is 5.60 Å². The van der Waals surface area contributed by atoms with Gasteiger partial charge < -0.3 is 10.0 Å². The number of likely N-dealkylation sites (tertiary alicyclic amines) is 1. The van der Waals surface area contributed by atoms with E-state index in [1.54, 1.807) is 6.33 Å². The fraction of sp³-hybridized carbons (Fsp3) is 0.571. The van der Waals surface area contributed by atoms with Gasteiger partial charge in [-0.05, 0) is 37.2 Å². The topological polar surface area (TPSA) is 93.2 Å². The van der Waals surface area contributed by atoms with Gasteiger partial charge in [0.2, 0.25) is 5.91 Å². The first-order chi connectivity index (χ1) is 17.3. The molecule has 2 fully saturated rings. The van der Waals surface area contributed by atoms with Gasteiger partial charge in [-0.2, -0.15) is 5.10 Å². The second kappa shape index (κ2) is 10.2. The maximum Gasteiger partial charge on any atom is 0.281 e. The molecule has 36 heavy (non-hydrogen) atoms. The van der Waals surface area contributed by atoms with Crippen molar-refractivity contribution in [2.45, 2.75) is 82.3 Å². The molecule has 1 saturated carbocycles. The van der Waals surface area contributed by atoms with E-state index in [4.69, 9.17) is 0 Å². The Morgan fingerprint density at radius 2 is 1.81 bits per heavy atom. The number of aryl methyl sites for hydroxylation is 1. The average Bonchev–Trinajstić information content (AvgIpc) is 3.23. The zero-order chi connectivity index (χ0) is 25.3. The van der Waals surface area contributed by atoms with Gasteiger partial charge in [-0.1, -0.05) is 56.5 Å². The van der Waals surface area contributed by atoms with Crippen molar-refractivity contribution in [1.29, 1.82) is 0 Å². The standard InChI is InChI=1S/C28H37N5O3/c1-20(21-9-5-3-6-10-21)17-23(34)32-15-13-28(36,14-16-32)18-33-19-29-24-25(27(33)35)30-31(2)26(24)22-11-7-4-8-12-22/h3,5-6,9-10,19-20,22,36H,4,7-8,11-18H2,1-2H3/t20-/m1/s1.